The van der Waals surface area contributed by atoms with Gasteiger partial charge in [-0.3, -0.25) is 4.79 Å². The molecular weight excluding hydrogens is 441 g/mol. The van der Waals surface area contributed by atoms with Crippen LogP contribution in [0.25, 0.3) is 0 Å². The van der Waals surface area contributed by atoms with Gasteiger partial charge in [-0.05, 0) is 42.4 Å². The van der Waals surface area contributed by atoms with Crippen molar-refractivity contribution in [3.05, 3.63) is 59.7 Å². The number of carbonyl (C=O) groups is 1. The van der Waals surface area contributed by atoms with Crippen LogP contribution in [0.4, 0.5) is 5.69 Å². The number of amides is 1. The summed E-state index contributed by atoms with van der Waals surface area (Å²) in [4.78, 5) is 12.7. The molecule has 1 amide bonds. The molecule has 9 heteroatoms. The van der Waals surface area contributed by atoms with Crippen molar-refractivity contribution in [2.24, 2.45) is 0 Å². The first kappa shape index (κ1) is 22.6. The van der Waals surface area contributed by atoms with E-state index in [9.17, 15) is 4.79 Å². The van der Waals surface area contributed by atoms with Gasteiger partial charge in [-0.1, -0.05) is 72.1 Å². The van der Waals surface area contributed by atoms with E-state index in [2.05, 4.69) is 16.0 Å². The Kier molecular flexibility index (Phi) is 8.19. The van der Waals surface area contributed by atoms with Gasteiger partial charge in [0.15, 0.2) is 5.11 Å². The van der Waals surface area contributed by atoms with Gasteiger partial charge in [-0.2, -0.15) is 0 Å². The molecule has 2 aromatic carbocycles. The first-order chi connectivity index (χ1) is 13.3. The Morgan fingerprint density at radius 3 is 2.39 bits per heavy atom. The van der Waals surface area contributed by atoms with Crippen LogP contribution in [0.1, 0.15) is 22.8 Å². The fraction of sp³-hybridized carbons (Fsp3) is 0.263. The average Bonchev–Trinajstić information content (AvgIpc) is 2.67. The zero-order chi connectivity index (χ0) is 20.7. The first-order valence-electron chi connectivity index (χ1n) is 8.42. The summed E-state index contributed by atoms with van der Waals surface area (Å²) >= 11 is 23.5. The predicted molar refractivity (Wildman–Crippen MR) is 120 cm³/mol. The van der Waals surface area contributed by atoms with Crippen molar-refractivity contribution in [1.29, 1.82) is 0 Å². The van der Waals surface area contributed by atoms with Gasteiger partial charge in [0.1, 0.15) is 11.9 Å². The van der Waals surface area contributed by atoms with Crippen molar-refractivity contribution in [2.75, 3.05) is 12.4 Å². The van der Waals surface area contributed by atoms with E-state index in [1.165, 1.54) is 7.11 Å². The smallest absolute Gasteiger partial charge is 0.256 e. The summed E-state index contributed by atoms with van der Waals surface area (Å²) in [6, 6.07) is 14.5. The Bertz CT molecular complexity index is 843. The van der Waals surface area contributed by atoms with Crippen LogP contribution in [0.2, 0.25) is 0 Å². The summed E-state index contributed by atoms with van der Waals surface area (Å²) in [5, 5.41) is 8.76. The lowest BCUT2D eigenvalue weighted by atomic mass is 10.1. The van der Waals surface area contributed by atoms with Gasteiger partial charge in [-0.15, -0.1) is 0 Å². The van der Waals surface area contributed by atoms with Crippen molar-refractivity contribution in [3.63, 3.8) is 0 Å². The highest BCUT2D eigenvalue weighted by atomic mass is 35.6. The van der Waals surface area contributed by atoms with Crippen molar-refractivity contribution >= 4 is 63.7 Å². The van der Waals surface area contributed by atoms with Crippen LogP contribution < -0.4 is 20.7 Å². The van der Waals surface area contributed by atoms with E-state index in [1.807, 2.05) is 31.2 Å². The fourth-order valence-electron chi connectivity index (χ4n) is 2.48. The second-order valence-electron chi connectivity index (χ2n) is 5.76. The molecule has 1 atom stereocenters. The van der Waals surface area contributed by atoms with Crippen LogP contribution in [-0.2, 0) is 6.42 Å². The highest BCUT2D eigenvalue weighted by Crippen LogP contribution is 2.30. The van der Waals surface area contributed by atoms with Gasteiger partial charge in [0.25, 0.3) is 5.91 Å². The third kappa shape index (κ3) is 6.14. The molecule has 3 N–H and O–H groups in total. The molecule has 0 aliphatic heterocycles. The number of rotatable bonds is 6. The molecular formula is C19H20Cl3N3O2S. The number of alkyl halides is 3. The van der Waals surface area contributed by atoms with Gasteiger partial charge in [0.05, 0.1) is 12.7 Å². The predicted octanol–water partition coefficient (Wildman–Crippen LogP) is 4.67. The number of thiocarbonyl (C=S) groups is 1. The number of benzene rings is 2. The largest absolute Gasteiger partial charge is 0.496 e. The third-order valence-electron chi connectivity index (χ3n) is 3.88. The summed E-state index contributed by atoms with van der Waals surface area (Å²) in [7, 11) is 1.47. The van der Waals surface area contributed by atoms with Crippen LogP contribution >= 0.6 is 47.0 Å². The standard InChI is InChI=1S/C19H20Cl3N3O2S/c1-3-12-8-4-6-10-14(12)23-18(28)25-17(19(20,21)22)24-16(26)13-9-5-7-11-15(13)27-2/h4-11,17H,3H2,1-2H3,(H,24,26)(H2,23,25,28). The maximum Gasteiger partial charge on any atom is 0.256 e. The van der Waals surface area contributed by atoms with Crippen LogP contribution in [0, 0.1) is 0 Å². The molecule has 0 aromatic heterocycles. The number of anilines is 1. The number of carbonyl (C=O) groups excluding carboxylic acids is 1. The SMILES string of the molecule is CCc1ccccc1NC(=S)NC(NC(=O)c1ccccc1OC)C(Cl)(Cl)Cl. The third-order valence-corrected chi connectivity index (χ3v) is 4.75. The molecule has 28 heavy (non-hydrogen) atoms. The number of methoxy groups -OCH3 is 1. The summed E-state index contributed by atoms with van der Waals surface area (Å²) < 4.78 is 3.35. The Hall–Kier alpha value is -1.73. The zero-order valence-corrected chi connectivity index (χ0v) is 18.3. The summed E-state index contributed by atoms with van der Waals surface area (Å²) in [6.45, 7) is 2.04. The molecule has 2 aromatic rings. The van der Waals surface area contributed by atoms with Crippen LogP contribution in [0.3, 0.4) is 0 Å². The zero-order valence-electron chi connectivity index (χ0n) is 15.3. The number of halogens is 3. The normalized spacial score (nSPS) is 12.0. The highest BCUT2D eigenvalue weighted by molar-refractivity contribution is 7.80. The number of para-hydroxylation sites is 2. The van der Waals surface area contributed by atoms with Crippen molar-refractivity contribution in [1.82, 2.24) is 10.6 Å². The summed E-state index contributed by atoms with van der Waals surface area (Å²) in [5.41, 5.74) is 2.22. The van der Waals surface area contributed by atoms with Crippen LogP contribution in [0.5, 0.6) is 5.75 Å². The lowest BCUT2D eigenvalue weighted by Crippen LogP contribution is -2.56. The van der Waals surface area contributed by atoms with Gasteiger partial charge in [-0.25, -0.2) is 0 Å². The van der Waals surface area contributed by atoms with E-state index in [4.69, 9.17) is 51.8 Å². The topological polar surface area (TPSA) is 62.4 Å². The molecule has 2 rings (SSSR count). The number of hydrogen-bond donors (Lipinski definition) is 3. The number of aryl methyl sites for hydroxylation is 1. The van der Waals surface area contributed by atoms with Gasteiger partial charge >= 0.3 is 0 Å². The Labute approximate surface area is 184 Å². The summed E-state index contributed by atoms with van der Waals surface area (Å²) in [5.74, 6) is -0.0707. The lowest BCUT2D eigenvalue weighted by Gasteiger charge is -2.28. The van der Waals surface area contributed by atoms with E-state index in [0.29, 0.717) is 11.3 Å². The molecule has 150 valence electrons. The molecule has 0 saturated carbocycles. The maximum atomic E-state index is 12.7. The molecule has 1 unspecified atom stereocenters. The van der Waals surface area contributed by atoms with E-state index in [-0.39, 0.29) is 5.11 Å². The fourth-order valence-corrected chi connectivity index (χ4v) is 3.04. The molecule has 0 aliphatic rings. The Morgan fingerprint density at radius 2 is 1.75 bits per heavy atom. The molecule has 0 saturated heterocycles. The quantitative estimate of drug-likeness (QED) is 0.332. The summed E-state index contributed by atoms with van der Waals surface area (Å²) in [6.07, 6.45) is -0.256. The number of nitrogens with one attached hydrogen (secondary N) is 3. The molecule has 0 heterocycles. The van der Waals surface area contributed by atoms with Crippen molar-refractivity contribution in [2.45, 2.75) is 23.3 Å². The number of hydrogen-bond acceptors (Lipinski definition) is 3. The molecule has 5 nitrogen and oxygen atoms in total. The monoisotopic (exact) mass is 459 g/mol. The minimum atomic E-state index is -1.85. The van der Waals surface area contributed by atoms with Gasteiger partial charge < -0.3 is 20.7 Å². The van der Waals surface area contributed by atoms with E-state index in [1.54, 1.807) is 24.3 Å². The van der Waals surface area contributed by atoms with E-state index < -0.39 is 15.9 Å². The van der Waals surface area contributed by atoms with Crippen molar-refractivity contribution in [3.8, 4) is 5.75 Å². The van der Waals surface area contributed by atoms with Crippen LogP contribution in [0.15, 0.2) is 48.5 Å². The van der Waals surface area contributed by atoms with E-state index in [0.717, 1.165) is 17.7 Å². The molecule has 0 spiro atoms. The Balaban J connectivity index is 2.13. The lowest BCUT2D eigenvalue weighted by molar-refractivity contribution is 0.0931. The average molecular weight is 461 g/mol. The van der Waals surface area contributed by atoms with Crippen molar-refractivity contribution < 1.29 is 9.53 Å². The Morgan fingerprint density at radius 1 is 1.11 bits per heavy atom. The molecule has 0 radical (unpaired) electrons. The van der Waals surface area contributed by atoms with Gasteiger partial charge in [0.2, 0.25) is 3.79 Å². The minimum Gasteiger partial charge on any atom is -0.496 e. The molecule has 0 bridgehead atoms. The second-order valence-corrected chi connectivity index (χ2v) is 8.53. The highest BCUT2D eigenvalue weighted by Gasteiger charge is 2.35. The van der Waals surface area contributed by atoms with Crippen LogP contribution in [-0.4, -0.2) is 28.1 Å². The minimum absolute atomic E-state index is 0.206. The van der Waals surface area contributed by atoms with E-state index >= 15 is 0 Å². The maximum absolute atomic E-state index is 12.7. The van der Waals surface area contributed by atoms with Gasteiger partial charge in [0, 0.05) is 5.69 Å². The molecule has 0 fully saturated rings. The number of ether oxygens (including phenoxy) is 1. The first-order valence-corrected chi connectivity index (χ1v) is 9.96. The molecule has 0 aliphatic carbocycles. The second kappa shape index (κ2) is 10.2.